The van der Waals surface area contributed by atoms with Gasteiger partial charge < -0.3 is 15.4 Å². The lowest BCUT2D eigenvalue weighted by Gasteiger charge is -2.24. The van der Waals surface area contributed by atoms with Gasteiger partial charge in [-0.2, -0.15) is 0 Å². The van der Waals surface area contributed by atoms with E-state index in [1.807, 2.05) is 52.0 Å². The van der Waals surface area contributed by atoms with Crippen LogP contribution in [0.3, 0.4) is 0 Å². The number of ether oxygens (including phenoxy) is 1. The molecule has 1 aromatic rings. The van der Waals surface area contributed by atoms with Gasteiger partial charge in [-0.15, -0.1) is 0 Å². The number of benzene rings is 1. The second kappa shape index (κ2) is 8.41. The molecule has 0 saturated heterocycles. The fourth-order valence-corrected chi connectivity index (χ4v) is 2.08. The summed E-state index contributed by atoms with van der Waals surface area (Å²) >= 11 is 0. The number of hydrogen-bond donors (Lipinski definition) is 2. The standard InChI is InChI=1S/C17H26N2O3/c1-6-22-17(21)19-15(11(2)3)16(20)18-13(5)14-9-7-12(4)8-10-14/h7-11,13,15H,6H2,1-5H3,(H,18,20)(H,19,21)/t13?,15-/m0/s1. The summed E-state index contributed by atoms with van der Waals surface area (Å²) in [5.74, 6) is -0.245. The summed E-state index contributed by atoms with van der Waals surface area (Å²) in [6.07, 6.45) is -0.570. The molecule has 1 unspecified atom stereocenters. The van der Waals surface area contributed by atoms with E-state index in [0.29, 0.717) is 0 Å². The number of aryl methyl sites for hydroxylation is 1. The smallest absolute Gasteiger partial charge is 0.407 e. The van der Waals surface area contributed by atoms with Crippen molar-refractivity contribution in [1.29, 1.82) is 0 Å². The molecule has 0 aliphatic rings. The SMILES string of the molecule is CCOC(=O)N[C@H](C(=O)NC(C)c1ccc(C)cc1)C(C)C. The molecule has 0 bridgehead atoms. The van der Waals surface area contributed by atoms with Gasteiger partial charge in [-0.25, -0.2) is 4.79 Å². The van der Waals surface area contributed by atoms with Gasteiger partial charge in [-0.3, -0.25) is 4.79 Å². The Morgan fingerprint density at radius 2 is 1.68 bits per heavy atom. The molecule has 0 aliphatic carbocycles. The van der Waals surface area contributed by atoms with Crippen molar-refractivity contribution in [2.24, 2.45) is 5.92 Å². The van der Waals surface area contributed by atoms with E-state index in [9.17, 15) is 9.59 Å². The van der Waals surface area contributed by atoms with Crippen LogP contribution in [0.5, 0.6) is 0 Å². The van der Waals surface area contributed by atoms with E-state index in [-0.39, 0.29) is 24.5 Å². The second-order valence-corrected chi connectivity index (χ2v) is 5.73. The van der Waals surface area contributed by atoms with Crippen molar-refractivity contribution in [2.45, 2.75) is 46.7 Å². The highest BCUT2D eigenvalue weighted by Gasteiger charge is 2.25. The summed E-state index contributed by atoms with van der Waals surface area (Å²) in [5.41, 5.74) is 2.20. The van der Waals surface area contributed by atoms with Crippen LogP contribution in [-0.4, -0.2) is 24.6 Å². The van der Waals surface area contributed by atoms with Crippen LogP contribution < -0.4 is 10.6 Å². The molecule has 122 valence electrons. The maximum Gasteiger partial charge on any atom is 0.407 e. The molecule has 0 heterocycles. The number of hydrogen-bond acceptors (Lipinski definition) is 3. The molecule has 5 heteroatoms. The van der Waals surface area contributed by atoms with Gasteiger partial charge in [0, 0.05) is 0 Å². The Labute approximate surface area is 132 Å². The third-order valence-electron chi connectivity index (χ3n) is 3.43. The van der Waals surface area contributed by atoms with Gasteiger partial charge >= 0.3 is 6.09 Å². The van der Waals surface area contributed by atoms with E-state index in [2.05, 4.69) is 10.6 Å². The highest BCUT2D eigenvalue weighted by atomic mass is 16.5. The third kappa shape index (κ3) is 5.39. The topological polar surface area (TPSA) is 67.4 Å². The highest BCUT2D eigenvalue weighted by Crippen LogP contribution is 2.14. The molecule has 22 heavy (non-hydrogen) atoms. The molecule has 2 N–H and O–H groups in total. The lowest BCUT2D eigenvalue weighted by molar-refractivity contribution is -0.124. The Balaban J connectivity index is 2.70. The summed E-state index contributed by atoms with van der Waals surface area (Å²) in [4.78, 5) is 23.9. The monoisotopic (exact) mass is 306 g/mol. The van der Waals surface area contributed by atoms with Crippen molar-refractivity contribution in [3.05, 3.63) is 35.4 Å². The molecular weight excluding hydrogens is 280 g/mol. The molecule has 5 nitrogen and oxygen atoms in total. The van der Waals surface area contributed by atoms with E-state index >= 15 is 0 Å². The number of amides is 2. The van der Waals surface area contributed by atoms with Crippen LogP contribution in [0.15, 0.2) is 24.3 Å². The largest absolute Gasteiger partial charge is 0.450 e. The predicted octanol–water partition coefficient (Wildman–Crippen LogP) is 2.94. The summed E-state index contributed by atoms with van der Waals surface area (Å²) in [5, 5.41) is 5.55. The van der Waals surface area contributed by atoms with Gasteiger partial charge in [0.15, 0.2) is 0 Å². The van der Waals surface area contributed by atoms with Crippen LogP contribution in [0.1, 0.15) is 44.9 Å². The van der Waals surface area contributed by atoms with Crippen molar-refractivity contribution in [3.8, 4) is 0 Å². The fraction of sp³-hybridized carbons (Fsp3) is 0.529. The molecule has 1 rings (SSSR count). The molecule has 0 radical (unpaired) electrons. The van der Waals surface area contributed by atoms with Crippen LogP contribution in [0, 0.1) is 12.8 Å². The average molecular weight is 306 g/mol. The summed E-state index contributed by atoms with van der Waals surface area (Å²) < 4.78 is 4.85. The van der Waals surface area contributed by atoms with Gasteiger partial charge in [0.05, 0.1) is 12.6 Å². The zero-order chi connectivity index (χ0) is 16.7. The Kier molecular flexibility index (Phi) is 6.89. The van der Waals surface area contributed by atoms with Gasteiger partial charge in [0.2, 0.25) is 5.91 Å². The fourth-order valence-electron chi connectivity index (χ4n) is 2.08. The number of carbonyl (C=O) groups is 2. The highest BCUT2D eigenvalue weighted by molar-refractivity contribution is 5.86. The Bertz CT molecular complexity index is 497. The summed E-state index contributed by atoms with van der Waals surface area (Å²) in [7, 11) is 0. The van der Waals surface area contributed by atoms with E-state index in [1.165, 1.54) is 5.56 Å². The van der Waals surface area contributed by atoms with E-state index in [1.54, 1.807) is 6.92 Å². The minimum absolute atomic E-state index is 0.0328. The molecular formula is C17H26N2O3. The average Bonchev–Trinajstić information content (AvgIpc) is 2.45. The third-order valence-corrected chi connectivity index (χ3v) is 3.43. The first-order valence-electron chi connectivity index (χ1n) is 7.65. The van der Waals surface area contributed by atoms with Crippen LogP contribution in [0.25, 0.3) is 0 Å². The molecule has 0 fully saturated rings. The van der Waals surface area contributed by atoms with Gasteiger partial charge in [-0.1, -0.05) is 43.7 Å². The lowest BCUT2D eigenvalue weighted by atomic mass is 10.0. The zero-order valence-corrected chi connectivity index (χ0v) is 14.0. The van der Waals surface area contributed by atoms with Gasteiger partial charge in [0.1, 0.15) is 6.04 Å². The number of carbonyl (C=O) groups excluding carboxylic acids is 2. The molecule has 1 aromatic carbocycles. The number of nitrogens with one attached hydrogen (secondary N) is 2. The minimum atomic E-state index is -0.619. The first-order valence-corrected chi connectivity index (χ1v) is 7.65. The van der Waals surface area contributed by atoms with Crippen molar-refractivity contribution < 1.29 is 14.3 Å². The minimum Gasteiger partial charge on any atom is -0.450 e. The van der Waals surface area contributed by atoms with E-state index in [0.717, 1.165) is 5.56 Å². The Morgan fingerprint density at radius 1 is 1.09 bits per heavy atom. The maximum absolute atomic E-state index is 12.4. The summed E-state index contributed by atoms with van der Waals surface area (Å²) in [6.45, 7) is 9.71. The molecule has 2 atom stereocenters. The molecule has 0 aromatic heterocycles. The zero-order valence-electron chi connectivity index (χ0n) is 14.0. The molecule has 0 spiro atoms. The van der Waals surface area contributed by atoms with Crippen molar-refractivity contribution in [1.82, 2.24) is 10.6 Å². The van der Waals surface area contributed by atoms with Gasteiger partial charge in [0.25, 0.3) is 0 Å². The molecule has 2 amide bonds. The van der Waals surface area contributed by atoms with Crippen LogP contribution >= 0.6 is 0 Å². The Morgan fingerprint density at radius 3 is 2.18 bits per heavy atom. The number of alkyl carbamates (subject to hydrolysis) is 1. The first kappa shape index (κ1) is 18.0. The normalized spacial score (nSPS) is 13.4. The lowest BCUT2D eigenvalue weighted by Crippen LogP contribution is -2.50. The van der Waals surface area contributed by atoms with Crippen LogP contribution in [-0.2, 0) is 9.53 Å². The predicted molar refractivity (Wildman–Crippen MR) is 86.5 cm³/mol. The maximum atomic E-state index is 12.4. The van der Waals surface area contributed by atoms with Gasteiger partial charge in [-0.05, 0) is 32.3 Å². The molecule has 0 aliphatic heterocycles. The van der Waals surface area contributed by atoms with Crippen LogP contribution in [0.2, 0.25) is 0 Å². The van der Waals surface area contributed by atoms with Crippen molar-refractivity contribution in [3.63, 3.8) is 0 Å². The molecule has 0 saturated carbocycles. The quantitative estimate of drug-likeness (QED) is 0.849. The van der Waals surface area contributed by atoms with Crippen LogP contribution in [0.4, 0.5) is 4.79 Å². The van der Waals surface area contributed by atoms with Crippen molar-refractivity contribution in [2.75, 3.05) is 6.61 Å². The van der Waals surface area contributed by atoms with E-state index in [4.69, 9.17) is 4.74 Å². The number of rotatable bonds is 6. The van der Waals surface area contributed by atoms with Crippen molar-refractivity contribution >= 4 is 12.0 Å². The second-order valence-electron chi connectivity index (χ2n) is 5.73. The van der Waals surface area contributed by atoms with E-state index < -0.39 is 12.1 Å². The first-order chi connectivity index (χ1) is 10.3. The Hall–Kier alpha value is -2.04. The summed E-state index contributed by atoms with van der Waals surface area (Å²) in [6, 6.07) is 7.25.